The topological polar surface area (TPSA) is 76.2 Å². The van der Waals surface area contributed by atoms with Crippen molar-refractivity contribution in [1.29, 1.82) is 5.41 Å². The highest BCUT2D eigenvalue weighted by molar-refractivity contribution is 8.14. The van der Waals surface area contributed by atoms with Crippen molar-refractivity contribution >= 4 is 22.9 Å². The Kier molecular flexibility index (Phi) is 6.55. The molecule has 0 spiro atoms. The summed E-state index contributed by atoms with van der Waals surface area (Å²) in [5.41, 5.74) is 5.03. The predicted molar refractivity (Wildman–Crippen MR) is 50.2 cm³/mol. The van der Waals surface area contributed by atoms with Gasteiger partial charge < -0.3 is 10.5 Å². The van der Waals surface area contributed by atoms with Crippen molar-refractivity contribution in [2.75, 3.05) is 12.4 Å². The summed E-state index contributed by atoms with van der Waals surface area (Å²) >= 11 is 0.984. The maximum Gasteiger partial charge on any atom is 0.316 e. The Morgan fingerprint density at radius 1 is 1.67 bits per heavy atom. The summed E-state index contributed by atoms with van der Waals surface area (Å²) < 4.78 is 4.82. The van der Waals surface area contributed by atoms with E-state index in [2.05, 4.69) is 0 Å². The van der Waals surface area contributed by atoms with E-state index in [9.17, 15) is 4.79 Å². The first-order valence-electron chi connectivity index (χ1n) is 3.79. The van der Waals surface area contributed by atoms with E-state index in [0.29, 0.717) is 6.61 Å². The molecule has 0 bridgehead atoms. The number of carbonyl (C=O) groups excluding carboxylic acids is 1. The molecule has 4 nitrogen and oxygen atoms in total. The summed E-state index contributed by atoms with van der Waals surface area (Å²) in [6.07, 6.45) is 1.89. The number of hydrogen-bond donors (Lipinski definition) is 2. The van der Waals surface area contributed by atoms with E-state index in [1.54, 1.807) is 0 Å². The van der Waals surface area contributed by atoms with Gasteiger partial charge in [-0.05, 0) is 6.42 Å². The Bertz CT molecular complexity index is 161. The third-order valence-electron chi connectivity index (χ3n) is 1.11. The van der Waals surface area contributed by atoms with Crippen molar-refractivity contribution in [3.05, 3.63) is 0 Å². The van der Waals surface area contributed by atoms with Crippen LogP contribution in [0.1, 0.15) is 19.8 Å². The normalized spacial score (nSPS) is 9.42. The van der Waals surface area contributed by atoms with Gasteiger partial charge in [0.2, 0.25) is 0 Å². The number of unbranched alkanes of at least 4 members (excludes halogenated alkanes) is 1. The van der Waals surface area contributed by atoms with E-state index < -0.39 is 0 Å². The minimum absolute atomic E-state index is 0.0533. The zero-order valence-electron chi connectivity index (χ0n) is 7.13. The van der Waals surface area contributed by atoms with Crippen molar-refractivity contribution in [3.63, 3.8) is 0 Å². The van der Waals surface area contributed by atoms with Crippen LogP contribution in [0.4, 0.5) is 0 Å². The van der Waals surface area contributed by atoms with Crippen molar-refractivity contribution in [1.82, 2.24) is 0 Å². The van der Waals surface area contributed by atoms with Crippen LogP contribution >= 0.6 is 11.8 Å². The smallest absolute Gasteiger partial charge is 0.316 e. The second kappa shape index (κ2) is 6.97. The van der Waals surface area contributed by atoms with Crippen molar-refractivity contribution in [2.45, 2.75) is 19.8 Å². The molecular formula is C7H14N2O2S. The van der Waals surface area contributed by atoms with Gasteiger partial charge in [-0.2, -0.15) is 0 Å². The number of rotatable bonds is 5. The maximum absolute atomic E-state index is 10.8. The molecule has 0 heterocycles. The van der Waals surface area contributed by atoms with Gasteiger partial charge in [0, 0.05) is 0 Å². The molecule has 0 aliphatic heterocycles. The molecule has 0 radical (unpaired) electrons. The third-order valence-corrected chi connectivity index (χ3v) is 1.80. The first-order valence-corrected chi connectivity index (χ1v) is 4.77. The van der Waals surface area contributed by atoms with Crippen molar-refractivity contribution < 1.29 is 9.53 Å². The molecule has 0 unspecified atom stereocenters. The molecule has 0 saturated heterocycles. The standard InChI is InChI=1S/C7H14N2O2S/c1-2-3-4-11-6(10)5-12-7(8)9/h2-5H2,1H3,(H3,8,9). The molecule has 0 rings (SSSR count). The van der Waals surface area contributed by atoms with Gasteiger partial charge >= 0.3 is 5.97 Å². The molecule has 0 fully saturated rings. The molecule has 0 atom stereocenters. The molecule has 0 aromatic carbocycles. The fourth-order valence-electron chi connectivity index (χ4n) is 0.509. The van der Waals surface area contributed by atoms with Crippen LogP contribution in [0.2, 0.25) is 0 Å². The number of nitrogens with one attached hydrogen (secondary N) is 1. The minimum Gasteiger partial charge on any atom is -0.465 e. The summed E-state index contributed by atoms with van der Waals surface area (Å²) in [5, 5.41) is 6.78. The molecule has 70 valence electrons. The van der Waals surface area contributed by atoms with Gasteiger partial charge in [0.25, 0.3) is 0 Å². The summed E-state index contributed by atoms with van der Waals surface area (Å²) in [6, 6.07) is 0. The lowest BCUT2D eigenvalue weighted by Crippen LogP contribution is -2.13. The average Bonchev–Trinajstić information content (AvgIpc) is 2.01. The monoisotopic (exact) mass is 190 g/mol. The van der Waals surface area contributed by atoms with Gasteiger partial charge in [-0.1, -0.05) is 25.1 Å². The van der Waals surface area contributed by atoms with Crippen LogP contribution < -0.4 is 5.73 Å². The number of thioether (sulfide) groups is 1. The molecule has 0 aromatic heterocycles. The van der Waals surface area contributed by atoms with Crippen LogP contribution in [-0.2, 0) is 9.53 Å². The molecular weight excluding hydrogens is 176 g/mol. The van der Waals surface area contributed by atoms with Crippen LogP contribution in [0, 0.1) is 5.41 Å². The lowest BCUT2D eigenvalue weighted by molar-refractivity contribution is -0.140. The Hall–Kier alpha value is -0.710. The molecule has 0 aromatic rings. The first-order chi connectivity index (χ1) is 5.66. The molecule has 12 heavy (non-hydrogen) atoms. The zero-order chi connectivity index (χ0) is 9.40. The number of amidine groups is 1. The number of esters is 1. The lowest BCUT2D eigenvalue weighted by atomic mass is 10.4. The molecule has 0 saturated carbocycles. The minimum atomic E-state index is -0.302. The van der Waals surface area contributed by atoms with Crippen LogP contribution in [0.15, 0.2) is 0 Å². The summed E-state index contributed by atoms with van der Waals surface area (Å²) in [7, 11) is 0. The molecule has 3 N–H and O–H groups in total. The summed E-state index contributed by atoms with van der Waals surface area (Å²) in [4.78, 5) is 10.8. The van der Waals surface area contributed by atoms with Gasteiger partial charge in [-0.25, -0.2) is 0 Å². The van der Waals surface area contributed by atoms with Gasteiger partial charge in [-0.3, -0.25) is 10.2 Å². The van der Waals surface area contributed by atoms with E-state index in [-0.39, 0.29) is 16.9 Å². The lowest BCUT2D eigenvalue weighted by Gasteiger charge is -2.01. The highest BCUT2D eigenvalue weighted by atomic mass is 32.2. The Balaban J connectivity index is 3.28. The SMILES string of the molecule is CCCCOC(=O)CSC(=N)N. The quantitative estimate of drug-likeness (QED) is 0.293. The van der Waals surface area contributed by atoms with E-state index in [0.717, 1.165) is 24.6 Å². The fraction of sp³-hybridized carbons (Fsp3) is 0.714. The summed E-state index contributed by atoms with van der Waals surface area (Å²) in [6.45, 7) is 2.49. The van der Waals surface area contributed by atoms with E-state index in [1.807, 2.05) is 6.92 Å². The molecule has 0 amide bonds. The van der Waals surface area contributed by atoms with Gasteiger partial charge in [-0.15, -0.1) is 0 Å². The van der Waals surface area contributed by atoms with Crippen LogP contribution in [0.3, 0.4) is 0 Å². The Morgan fingerprint density at radius 2 is 2.33 bits per heavy atom. The van der Waals surface area contributed by atoms with Gasteiger partial charge in [0.05, 0.1) is 12.4 Å². The molecule has 0 aliphatic carbocycles. The highest BCUT2D eigenvalue weighted by Crippen LogP contribution is 1.99. The number of nitrogens with two attached hydrogens (primary N) is 1. The van der Waals surface area contributed by atoms with E-state index in [4.69, 9.17) is 15.9 Å². The fourth-order valence-corrected chi connectivity index (χ4v) is 0.865. The highest BCUT2D eigenvalue weighted by Gasteiger charge is 2.02. The largest absolute Gasteiger partial charge is 0.465 e. The maximum atomic E-state index is 10.8. The number of carbonyl (C=O) groups is 1. The predicted octanol–water partition coefficient (Wildman–Crippen LogP) is 0.956. The Morgan fingerprint density at radius 3 is 2.83 bits per heavy atom. The van der Waals surface area contributed by atoms with Crippen molar-refractivity contribution in [3.8, 4) is 0 Å². The average molecular weight is 190 g/mol. The third kappa shape index (κ3) is 7.40. The molecule has 5 heteroatoms. The van der Waals surface area contributed by atoms with E-state index in [1.165, 1.54) is 0 Å². The van der Waals surface area contributed by atoms with E-state index >= 15 is 0 Å². The van der Waals surface area contributed by atoms with Crippen molar-refractivity contribution in [2.24, 2.45) is 5.73 Å². The van der Waals surface area contributed by atoms with Gasteiger partial charge in [0.15, 0.2) is 5.17 Å². The van der Waals surface area contributed by atoms with Crippen LogP contribution in [0.25, 0.3) is 0 Å². The van der Waals surface area contributed by atoms with Gasteiger partial charge in [0.1, 0.15) is 0 Å². The molecule has 0 aliphatic rings. The Labute approximate surface area is 76.4 Å². The van der Waals surface area contributed by atoms with Crippen LogP contribution in [-0.4, -0.2) is 23.5 Å². The summed E-state index contributed by atoms with van der Waals surface area (Å²) in [5.74, 6) is -0.164. The first kappa shape index (κ1) is 11.3. The number of ether oxygens (including phenoxy) is 1. The second-order valence-electron chi connectivity index (χ2n) is 2.23. The zero-order valence-corrected chi connectivity index (χ0v) is 7.95. The number of hydrogen-bond acceptors (Lipinski definition) is 4. The van der Waals surface area contributed by atoms with Crippen LogP contribution in [0.5, 0.6) is 0 Å². The second-order valence-corrected chi connectivity index (χ2v) is 3.24.